The van der Waals surface area contributed by atoms with Crippen molar-refractivity contribution < 1.29 is 30.0 Å². The fourth-order valence-corrected chi connectivity index (χ4v) is 15.5. The summed E-state index contributed by atoms with van der Waals surface area (Å²) in [5, 5.41) is 13.5. The van der Waals surface area contributed by atoms with Gasteiger partial charge >= 0.3 is 190 Å². The molecule has 0 bridgehead atoms. The summed E-state index contributed by atoms with van der Waals surface area (Å²) in [6, 6.07) is 30.3. The fraction of sp³-hybridized carbons (Fsp3) is 0.429. The van der Waals surface area contributed by atoms with Crippen molar-refractivity contribution in [1.29, 1.82) is 0 Å². The van der Waals surface area contributed by atoms with Crippen LogP contribution in [0.15, 0.2) is 90.8 Å². The Morgan fingerprint density at radius 1 is 0.830 bits per heavy atom. The second-order valence-electron chi connectivity index (χ2n) is 13.6. The van der Waals surface area contributed by atoms with E-state index in [1.54, 1.807) is 4.40 Å². The molecule has 1 atom stereocenters. The molecule has 1 radical (unpaired) electrons. The van der Waals surface area contributed by atoms with Crippen molar-refractivity contribution in [2.24, 2.45) is 17.8 Å². The molecule has 0 aliphatic rings. The third kappa shape index (κ3) is 10.7. The van der Waals surface area contributed by atoms with Gasteiger partial charge in [-0.15, -0.1) is 0 Å². The fourth-order valence-electron chi connectivity index (χ4n) is 6.60. The molecule has 0 aliphatic heterocycles. The molecule has 1 heterocycles. The smallest absolute Gasteiger partial charge is 0.162 e. The van der Waals surface area contributed by atoms with E-state index in [9.17, 15) is 9.90 Å². The number of carbonyl (C=O) groups excluding carboxylic acids is 1. The third-order valence-electron chi connectivity index (χ3n) is 9.41. The molecule has 0 amide bonds. The van der Waals surface area contributed by atoms with Gasteiger partial charge in [-0.2, -0.15) is 0 Å². The monoisotopic (exact) mass is 873 g/mol. The summed E-state index contributed by atoms with van der Waals surface area (Å²) in [7, 11) is 0. The van der Waals surface area contributed by atoms with Gasteiger partial charge in [-0.1, -0.05) is 27.7 Å². The number of allylic oxidation sites excluding steroid dienone is 2. The van der Waals surface area contributed by atoms with Gasteiger partial charge in [0.05, 0.1) is 5.76 Å². The number of nitrogens with zero attached hydrogens (tertiary/aromatic N) is 1. The molecule has 5 heteroatoms. The number of ketones is 1. The maximum atomic E-state index is 11.7. The average molecular weight is 872 g/mol. The maximum Gasteiger partial charge on any atom is 0.162 e. The summed E-state index contributed by atoms with van der Waals surface area (Å²) in [4.78, 5) is 16.5. The minimum absolute atomic E-state index is 0. The topological polar surface area (TPSA) is 50.2 Å². The van der Waals surface area contributed by atoms with Crippen molar-refractivity contribution in [1.82, 2.24) is 4.98 Å². The van der Waals surface area contributed by atoms with E-state index in [4.69, 9.17) is 4.98 Å². The maximum absolute atomic E-state index is 11.7. The van der Waals surface area contributed by atoms with Gasteiger partial charge in [-0.25, -0.2) is 0 Å². The summed E-state index contributed by atoms with van der Waals surface area (Å²) in [6.07, 6.45) is 6.92. The molecule has 3 aromatic carbocycles. The Morgan fingerprint density at radius 2 is 1.43 bits per heavy atom. The van der Waals surface area contributed by atoms with Crippen LogP contribution in [0.5, 0.6) is 0 Å². The van der Waals surface area contributed by atoms with Crippen LogP contribution >= 0.6 is 0 Å². The summed E-state index contributed by atoms with van der Waals surface area (Å²) in [6.45, 7) is 17.3. The normalized spacial score (nSPS) is 13.0. The van der Waals surface area contributed by atoms with Gasteiger partial charge in [0, 0.05) is 38.0 Å². The van der Waals surface area contributed by atoms with E-state index in [1.807, 2.05) is 33.9 Å². The molecule has 47 heavy (non-hydrogen) atoms. The van der Waals surface area contributed by atoms with Crippen LogP contribution in [0.25, 0.3) is 22.0 Å². The first kappa shape index (κ1) is 40.6. The van der Waals surface area contributed by atoms with Gasteiger partial charge in [0.25, 0.3) is 0 Å². The molecule has 0 spiro atoms. The third-order valence-corrected chi connectivity index (χ3v) is 19.5. The van der Waals surface area contributed by atoms with Crippen molar-refractivity contribution >= 4 is 38.6 Å². The molecule has 3 nitrogen and oxygen atoms in total. The summed E-state index contributed by atoms with van der Waals surface area (Å²) >= 11 is -2.50. The molecule has 0 saturated carbocycles. The molecule has 0 saturated heterocycles. The number of hydrogen-bond donors (Lipinski definition) is 1. The number of aliphatic hydroxyl groups is 1. The van der Waals surface area contributed by atoms with Gasteiger partial charge in [0.15, 0.2) is 5.78 Å². The molecule has 0 aliphatic carbocycles. The van der Waals surface area contributed by atoms with Gasteiger partial charge in [0.2, 0.25) is 0 Å². The van der Waals surface area contributed by atoms with Crippen LogP contribution in [-0.2, 0) is 24.9 Å². The number of rotatable bonds is 13. The molecule has 4 aromatic rings. The minimum atomic E-state index is -2.50. The van der Waals surface area contributed by atoms with Crippen LogP contribution in [0.1, 0.15) is 92.6 Å². The Morgan fingerprint density at radius 3 is 2.00 bits per heavy atom. The number of fused-ring (bicyclic) bond motifs is 1. The van der Waals surface area contributed by atoms with E-state index < -0.39 is 13.3 Å². The first-order valence-corrected chi connectivity index (χ1v) is 23.1. The summed E-state index contributed by atoms with van der Waals surface area (Å²) in [5.74, 6) is 4.22. The van der Waals surface area contributed by atoms with E-state index in [0.717, 1.165) is 36.9 Å². The second-order valence-corrected chi connectivity index (χ2v) is 22.4. The van der Waals surface area contributed by atoms with E-state index in [0.29, 0.717) is 11.8 Å². The van der Waals surface area contributed by atoms with Crippen molar-refractivity contribution in [3.05, 3.63) is 102 Å². The molecule has 1 unspecified atom stereocenters. The van der Waals surface area contributed by atoms with Crippen LogP contribution in [0.3, 0.4) is 0 Å². The molecule has 1 N–H and O–H groups in total. The molecule has 0 fully saturated rings. The Labute approximate surface area is 301 Å². The Hall–Kier alpha value is -2.53. The van der Waals surface area contributed by atoms with Crippen LogP contribution in [0.2, 0.25) is 11.0 Å². The molecule has 4 rings (SSSR count). The molecule has 255 valence electrons. The van der Waals surface area contributed by atoms with E-state index in [1.165, 1.54) is 32.1 Å². The summed E-state index contributed by atoms with van der Waals surface area (Å²) in [5.41, 5.74) is 3.51. The first-order chi connectivity index (χ1) is 22.0. The Bertz CT molecular complexity index is 1570. The Kier molecular flexibility index (Phi) is 16.8. The quantitative estimate of drug-likeness (QED) is 0.0630. The second kappa shape index (κ2) is 19.5. The first-order valence-electron chi connectivity index (χ1n) is 17.4. The van der Waals surface area contributed by atoms with Crippen LogP contribution in [0, 0.1) is 23.8 Å². The number of hydrogen-bond acceptors (Lipinski definition) is 3. The van der Waals surface area contributed by atoms with Crippen LogP contribution < -0.4 is 8.79 Å². The predicted octanol–water partition coefficient (Wildman–Crippen LogP) is 10.5. The Balaban J connectivity index is 0.000000410. The zero-order valence-electron chi connectivity index (χ0n) is 30.1. The van der Waals surface area contributed by atoms with Gasteiger partial charge in [-0.05, 0) is 25.7 Å². The predicted molar refractivity (Wildman–Crippen MR) is 201 cm³/mol. The minimum Gasteiger partial charge on any atom is -0.512 e. The largest absolute Gasteiger partial charge is 0.512 e. The molecule has 1 aromatic heterocycles. The zero-order valence-corrected chi connectivity index (χ0v) is 34.6. The number of carbonyl (C=O) groups is 1. The number of pyridine rings is 1. The van der Waals surface area contributed by atoms with Crippen molar-refractivity contribution in [2.45, 2.75) is 98.0 Å². The SMILES string of the molecule is CC(C)[CH2][Ge]([CH3])([c]1ccccc1)[c]1ccnc(-c2[c-]c3ccccc3c(C(C)C)c2)c1.CCC(CC)C(=O)/C=C(\O)C(CC)CC.[Ir]. The number of benzene rings is 3. The van der Waals surface area contributed by atoms with Crippen molar-refractivity contribution in [2.75, 3.05) is 0 Å². The zero-order chi connectivity index (χ0) is 33.9. The van der Waals surface area contributed by atoms with E-state index >= 15 is 0 Å². The van der Waals surface area contributed by atoms with Crippen LogP contribution in [0.4, 0.5) is 0 Å². The molecular weight excluding hydrogens is 815 g/mol. The van der Waals surface area contributed by atoms with Crippen molar-refractivity contribution in [3.8, 4) is 11.3 Å². The molecular formula is C42H56GeIrNO2-. The number of aromatic nitrogens is 1. The van der Waals surface area contributed by atoms with Gasteiger partial charge in [0.1, 0.15) is 0 Å². The average Bonchev–Trinajstić information content (AvgIpc) is 3.05. The van der Waals surface area contributed by atoms with Crippen LogP contribution in [-0.4, -0.2) is 29.1 Å². The van der Waals surface area contributed by atoms with Gasteiger partial charge < -0.3 is 5.11 Å². The van der Waals surface area contributed by atoms with Crippen molar-refractivity contribution in [3.63, 3.8) is 0 Å². The number of aliphatic hydroxyl groups excluding tert-OH is 1. The van der Waals surface area contributed by atoms with Gasteiger partial charge in [-0.3, -0.25) is 4.79 Å². The summed E-state index contributed by atoms with van der Waals surface area (Å²) < 4.78 is 3.04. The van der Waals surface area contributed by atoms with E-state index in [-0.39, 0.29) is 43.5 Å². The standard InChI is InChI=1S/C29H32GeN.C13H24O2.Ir/c1-21(2)20-30(5,25-12-7-6-8-13-25)26-15-16-31-29(19-26)24-17-23-11-9-10-14-27(23)28(18-24)22(3)4;1-5-10(6-2)12(14)9-13(15)11(7-3)8-4;/h6-16,18-19,21-22H,20H2,1-5H3;9-11,14H,5-8H2,1-4H3;/q-1;;/b;12-9-;. The van der Waals surface area contributed by atoms with E-state index in [2.05, 4.69) is 112 Å².